The van der Waals surface area contributed by atoms with Gasteiger partial charge in [0.1, 0.15) is 0 Å². The van der Waals surface area contributed by atoms with Crippen LogP contribution in [0.1, 0.15) is 25.7 Å². The molecule has 0 amide bonds. The second-order valence-electron chi connectivity index (χ2n) is 4.91. The Morgan fingerprint density at radius 1 is 0.824 bits per heavy atom. The average molecular weight is 307 g/mol. The van der Waals surface area contributed by atoms with Gasteiger partial charge in [0.25, 0.3) is 0 Å². The van der Waals surface area contributed by atoms with Gasteiger partial charge in [-0.2, -0.15) is 0 Å². The number of nitrogens with two attached hydrogens (primary N) is 1. The summed E-state index contributed by atoms with van der Waals surface area (Å²) < 4.78 is 0. The molecule has 2 aliphatic heterocycles. The van der Waals surface area contributed by atoms with E-state index in [0.717, 1.165) is 6.04 Å². The van der Waals surface area contributed by atoms with E-state index in [1.165, 1.54) is 51.9 Å². The minimum Gasteiger partial charge on any atom is -0.328 e. The number of hydrogen-bond acceptors (Lipinski definition) is 3. The third-order valence-electron chi connectivity index (χ3n) is 3.78. The minimum atomic E-state index is 0. The first-order chi connectivity index (χ1) is 6.75. The SMILES string of the molecule is CN1CCC(N2CCC(N)CC2)CC1.Cl.Cl.Cl. The van der Waals surface area contributed by atoms with Gasteiger partial charge in [0.2, 0.25) is 0 Å². The second kappa shape index (κ2) is 9.65. The van der Waals surface area contributed by atoms with Crippen LogP contribution in [0.5, 0.6) is 0 Å². The Morgan fingerprint density at radius 3 is 1.76 bits per heavy atom. The Balaban J connectivity index is 0. The molecule has 0 aromatic rings. The van der Waals surface area contributed by atoms with Gasteiger partial charge in [0, 0.05) is 12.1 Å². The summed E-state index contributed by atoms with van der Waals surface area (Å²) in [5.74, 6) is 0. The normalized spacial score (nSPS) is 24.4. The minimum absolute atomic E-state index is 0. The highest BCUT2D eigenvalue weighted by atomic mass is 35.5. The summed E-state index contributed by atoms with van der Waals surface area (Å²) in [4.78, 5) is 5.10. The Bertz CT molecular complexity index is 159. The molecule has 2 rings (SSSR count). The van der Waals surface area contributed by atoms with Crippen LogP contribution in [0.2, 0.25) is 0 Å². The Hall–Kier alpha value is 0.750. The number of halogens is 3. The third kappa shape index (κ3) is 5.95. The van der Waals surface area contributed by atoms with Crippen molar-refractivity contribution in [3.63, 3.8) is 0 Å². The summed E-state index contributed by atoms with van der Waals surface area (Å²) in [5.41, 5.74) is 5.91. The number of piperidine rings is 2. The maximum atomic E-state index is 5.91. The van der Waals surface area contributed by atoms with E-state index in [9.17, 15) is 0 Å². The predicted molar refractivity (Wildman–Crippen MR) is 81.0 cm³/mol. The molecule has 0 radical (unpaired) electrons. The van der Waals surface area contributed by atoms with Crippen molar-refractivity contribution in [1.29, 1.82) is 0 Å². The predicted octanol–water partition coefficient (Wildman–Crippen LogP) is 1.77. The van der Waals surface area contributed by atoms with Crippen LogP contribution in [-0.4, -0.2) is 55.1 Å². The summed E-state index contributed by atoms with van der Waals surface area (Å²) in [7, 11) is 2.22. The lowest BCUT2D eigenvalue weighted by Crippen LogP contribution is -2.48. The molecule has 0 atom stereocenters. The molecule has 2 N–H and O–H groups in total. The van der Waals surface area contributed by atoms with Gasteiger partial charge in [-0.1, -0.05) is 0 Å². The smallest absolute Gasteiger partial charge is 0.0120 e. The molecule has 3 nitrogen and oxygen atoms in total. The van der Waals surface area contributed by atoms with Gasteiger partial charge in [-0.05, 0) is 58.9 Å². The number of nitrogens with zero attached hydrogens (tertiary/aromatic N) is 2. The van der Waals surface area contributed by atoms with Crippen LogP contribution >= 0.6 is 37.2 Å². The van der Waals surface area contributed by atoms with E-state index in [1.807, 2.05) is 0 Å². The number of rotatable bonds is 1. The average Bonchev–Trinajstić information content (AvgIpc) is 2.21. The summed E-state index contributed by atoms with van der Waals surface area (Å²) >= 11 is 0. The first-order valence-electron chi connectivity index (χ1n) is 5.94. The standard InChI is InChI=1S/C11H23N3.3ClH/c1-13-6-4-11(5-7-13)14-8-2-10(12)3-9-14;;;/h10-11H,2-9,12H2,1H3;3*1H. The lowest BCUT2D eigenvalue weighted by molar-refractivity contribution is 0.0973. The van der Waals surface area contributed by atoms with Gasteiger partial charge in [0.15, 0.2) is 0 Å². The largest absolute Gasteiger partial charge is 0.328 e. The molecule has 6 heteroatoms. The molecule has 2 aliphatic rings. The van der Waals surface area contributed by atoms with Crippen LogP contribution in [0, 0.1) is 0 Å². The summed E-state index contributed by atoms with van der Waals surface area (Å²) in [6, 6.07) is 1.32. The van der Waals surface area contributed by atoms with Crippen LogP contribution in [0.25, 0.3) is 0 Å². The van der Waals surface area contributed by atoms with Crippen molar-refractivity contribution in [2.45, 2.75) is 37.8 Å². The van der Waals surface area contributed by atoms with E-state index in [0.29, 0.717) is 6.04 Å². The van der Waals surface area contributed by atoms with E-state index in [1.54, 1.807) is 0 Å². The van der Waals surface area contributed by atoms with E-state index in [-0.39, 0.29) is 37.2 Å². The van der Waals surface area contributed by atoms with E-state index in [4.69, 9.17) is 5.73 Å². The van der Waals surface area contributed by atoms with Crippen molar-refractivity contribution in [1.82, 2.24) is 9.80 Å². The monoisotopic (exact) mass is 305 g/mol. The second-order valence-corrected chi connectivity index (χ2v) is 4.91. The maximum absolute atomic E-state index is 5.91. The summed E-state index contributed by atoms with van der Waals surface area (Å²) in [5, 5.41) is 0. The quantitative estimate of drug-likeness (QED) is 0.801. The fourth-order valence-electron chi connectivity index (χ4n) is 2.64. The Labute approximate surface area is 124 Å². The zero-order valence-corrected chi connectivity index (χ0v) is 13.0. The Morgan fingerprint density at radius 2 is 1.29 bits per heavy atom. The summed E-state index contributed by atoms with van der Waals surface area (Å²) in [6.45, 7) is 5.01. The molecule has 0 aromatic carbocycles. The summed E-state index contributed by atoms with van der Waals surface area (Å²) in [6.07, 6.45) is 5.11. The lowest BCUT2D eigenvalue weighted by Gasteiger charge is -2.40. The highest BCUT2D eigenvalue weighted by molar-refractivity contribution is 5.86. The fourth-order valence-corrected chi connectivity index (χ4v) is 2.64. The van der Waals surface area contributed by atoms with Gasteiger partial charge in [-0.25, -0.2) is 0 Å². The van der Waals surface area contributed by atoms with Crippen molar-refractivity contribution >= 4 is 37.2 Å². The molecule has 106 valence electrons. The molecular weight excluding hydrogens is 281 g/mol. The Kier molecular flexibility index (Phi) is 11.4. The first kappa shape index (κ1) is 20.1. The molecule has 0 saturated carbocycles. The van der Waals surface area contributed by atoms with Crippen LogP contribution in [0.3, 0.4) is 0 Å². The van der Waals surface area contributed by atoms with Crippen LogP contribution in [-0.2, 0) is 0 Å². The highest BCUT2D eigenvalue weighted by Gasteiger charge is 2.25. The molecule has 2 heterocycles. The van der Waals surface area contributed by atoms with Crippen molar-refractivity contribution in [2.75, 3.05) is 33.2 Å². The molecule has 17 heavy (non-hydrogen) atoms. The number of hydrogen-bond donors (Lipinski definition) is 1. The molecule has 2 saturated heterocycles. The van der Waals surface area contributed by atoms with E-state index < -0.39 is 0 Å². The first-order valence-corrected chi connectivity index (χ1v) is 5.94. The molecular formula is C11H26Cl3N3. The maximum Gasteiger partial charge on any atom is 0.0120 e. The van der Waals surface area contributed by atoms with Gasteiger partial charge in [0.05, 0.1) is 0 Å². The van der Waals surface area contributed by atoms with Crippen LogP contribution in [0.4, 0.5) is 0 Å². The van der Waals surface area contributed by atoms with Crippen molar-refractivity contribution in [2.24, 2.45) is 5.73 Å². The van der Waals surface area contributed by atoms with Gasteiger partial charge in [-0.15, -0.1) is 37.2 Å². The molecule has 2 fully saturated rings. The molecule has 0 aliphatic carbocycles. The molecule has 0 unspecified atom stereocenters. The zero-order valence-electron chi connectivity index (χ0n) is 10.5. The zero-order chi connectivity index (χ0) is 9.97. The molecule has 0 bridgehead atoms. The third-order valence-corrected chi connectivity index (χ3v) is 3.78. The van der Waals surface area contributed by atoms with Gasteiger partial charge >= 0.3 is 0 Å². The number of likely N-dealkylation sites (tertiary alicyclic amines) is 2. The van der Waals surface area contributed by atoms with E-state index in [2.05, 4.69) is 16.8 Å². The lowest BCUT2D eigenvalue weighted by atomic mass is 9.98. The van der Waals surface area contributed by atoms with E-state index >= 15 is 0 Å². The highest BCUT2D eigenvalue weighted by Crippen LogP contribution is 2.19. The fraction of sp³-hybridized carbons (Fsp3) is 1.00. The van der Waals surface area contributed by atoms with Crippen molar-refractivity contribution in [3.05, 3.63) is 0 Å². The van der Waals surface area contributed by atoms with Crippen molar-refractivity contribution in [3.8, 4) is 0 Å². The molecule has 0 spiro atoms. The topological polar surface area (TPSA) is 32.5 Å². The van der Waals surface area contributed by atoms with Gasteiger partial charge in [-0.3, -0.25) is 0 Å². The van der Waals surface area contributed by atoms with Crippen molar-refractivity contribution < 1.29 is 0 Å². The van der Waals surface area contributed by atoms with Crippen LogP contribution < -0.4 is 5.73 Å². The van der Waals surface area contributed by atoms with Crippen LogP contribution in [0.15, 0.2) is 0 Å². The molecule has 0 aromatic heterocycles. The van der Waals surface area contributed by atoms with Gasteiger partial charge < -0.3 is 15.5 Å².